The minimum absolute atomic E-state index is 0.182. The number of aryl methyl sites for hydroxylation is 1. The molecule has 3 nitrogen and oxygen atoms in total. The molecule has 110 valence electrons. The van der Waals surface area contributed by atoms with Gasteiger partial charge in [0, 0.05) is 23.7 Å². The average Bonchev–Trinajstić information content (AvgIpc) is 2.41. The fourth-order valence-electron chi connectivity index (χ4n) is 2.93. The number of anilines is 1. The molecule has 1 unspecified atom stereocenters. The van der Waals surface area contributed by atoms with Gasteiger partial charge in [0.15, 0.2) is 0 Å². The highest BCUT2D eigenvalue weighted by Crippen LogP contribution is 2.31. The van der Waals surface area contributed by atoms with Crippen molar-refractivity contribution in [2.24, 2.45) is 11.1 Å². The van der Waals surface area contributed by atoms with Crippen LogP contribution < -0.4 is 10.6 Å². The third-order valence-corrected chi connectivity index (χ3v) is 4.59. The molecule has 0 saturated carbocycles. The highest BCUT2D eigenvalue weighted by molar-refractivity contribution is 5.82. The molecule has 0 bridgehead atoms. The van der Waals surface area contributed by atoms with Crippen LogP contribution >= 0.6 is 0 Å². The Morgan fingerprint density at radius 1 is 1.40 bits per heavy atom. The van der Waals surface area contributed by atoms with Crippen LogP contribution in [0.3, 0.4) is 0 Å². The Bertz CT molecular complexity index is 479. The van der Waals surface area contributed by atoms with E-state index in [0.717, 1.165) is 19.4 Å². The molecule has 0 radical (unpaired) electrons. The van der Waals surface area contributed by atoms with Gasteiger partial charge >= 0.3 is 0 Å². The van der Waals surface area contributed by atoms with Crippen molar-refractivity contribution in [1.29, 1.82) is 5.41 Å². The number of para-hydroxylation sites is 1. The van der Waals surface area contributed by atoms with Gasteiger partial charge in [0.25, 0.3) is 0 Å². The van der Waals surface area contributed by atoms with Crippen molar-refractivity contribution >= 4 is 11.5 Å². The molecule has 3 heteroatoms. The molecule has 0 spiro atoms. The monoisotopic (exact) mass is 273 g/mol. The van der Waals surface area contributed by atoms with Crippen LogP contribution in [0.15, 0.2) is 24.3 Å². The van der Waals surface area contributed by atoms with Crippen molar-refractivity contribution in [1.82, 2.24) is 0 Å². The second-order valence-electron chi connectivity index (χ2n) is 6.61. The van der Waals surface area contributed by atoms with E-state index in [1.807, 2.05) is 0 Å². The number of fused-ring (bicyclic) bond motifs is 1. The zero-order chi connectivity index (χ0) is 14.8. The number of benzene rings is 1. The molecule has 20 heavy (non-hydrogen) atoms. The predicted octanol–water partition coefficient (Wildman–Crippen LogP) is 3.57. The zero-order valence-electron chi connectivity index (χ0n) is 12.9. The molecule has 2 rings (SSSR count). The summed E-state index contributed by atoms with van der Waals surface area (Å²) in [6, 6.07) is 9.34. The molecule has 0 aromatic heterocycles. The van der Waals surface area contributed by atoms with E-state index in [-0.39, 0.29) is 5.41 Å². The van der Waals surface area contributed by atoms with Crippen molar-refractivity contribution < 1.29 is 0 Å². The predicted molar refractivity (Wildman–Crippen MR) is 86.5 cm³/mol. The summed E-state index contributed by atoms with van der Waals surface area (Å²) >= 11 is 0. The summed E-state index contributed by atoms with van der Waals surface area (Å²) in [7, 11) is 0. The lowest BCUT2D eigenvalue weighted by molar-refractivity contribution is 0.438. The van der Waals surface area contributed by atoms with Gasteiger partial charge < -0.3 is 10.6 Å². The molecule has 1 aliphatic heterocycles. The zero-order valence-corrected chi connectivity index (χ0v) is 12.9. The van der Waals surface area contributed by atoms with Crippen molar-refractivity contribution in [3.8, 4) is 0 Å². The summed E-state index contributed by atoms with van der Waals surface area (Å²) in [5.74, 6) is 0.296. The van der Waals surface area contributed by atoms with Crippen LogP contribution in [0.4, 0.5) is 5.69 Å². The minimum atomic E-state index is -0.182. The Hall–Kier alpha value is -1.51. The molecule has 1 aromatic rings. The molecule has 0 fully saturated rings. The molecular weight excluding hydrogens is 246 g/mol. The van der Waals surface area contributed by atoms with Gasteiger partial charge in [0.2, 0.25) is 0 Å². The van der Waals surface area contributed by atoms with Gasteiger partial charge in [-0.25, -0.2) is 0 Å². The number of hydrogen-bond acceptors (Lipinski definition) is 2. The summed E-state index contributed by atoms with van der Waals surface area (Å²) in [4.78, 5) is 2.52. The van der Waals surface area contributed by atoms with E-state index in [0.29, 0.717) is 11.9 Å². The summed E-state index contributed by atoms with van der Waals surface area (Å²) in [6.07, 6.45) is 4.46. The van der Waals surface area contributed by atoms with E-state index >= 15 is 0 Å². The van der Waals surface area contributed by atoms with Crippen LogP contribution in [-0.2, 0) is 6.42 Å². The van der Waals surface area contributed by atoms with Crippen molar-refractivity contribution in [2.75, 3.05) is 11.4 Å². The Labute approximate surface area is 122 Å². The number of nitrogens with two attached hydrogens (primary N) is 1. The summed E-state index contributed by atoms with van der Waals surface area (Å²) < 4.78 is 0. The molecule has 0 aliphatic carbocycles. The molecule has 0 amide bonds. The third-order valence-electron chi connectivity index (χ3n) is 4.59. The van der Waals surface area contributed by atoms with Crippen LogP contribution in [-0.4, -0.2) is 18.4 Å². The fraction of sp³-hybridized carbons (Fsp3) is 0.588. The van der Waals surface area contributed by atoms with Gasteiger partial charge in [-0.3, -0.25) is 5.41 Å². The lowest BCUT2D eigenvalue weighted by atomic mass is 9.86. The van der Waals surface area contributed by atoms with Crippen LogP contribution in [0.2, 0.25) is 0 Å². The van der Waals surface area contributed by atoms with Gasteiger partial charge in [-0.15, -0.1) is 0 Å². The first-order chi connectivity index (χ1) is 9.42. The second kappa shape index (κ2) is 5.86. The number of rotatable bonds is 5. The Morgan fingerprint density at radius 3 is 2.80 bits per heavy atom. The van der Waals surface area contributed by atoms with E-state index < -0.39 is 0 Å². The van der Waals surface area contributed by atoms with Crippen molar-refractivity contribution in [3.05, 3.63) is 29.8 Å². The molecule has 1 heterocycles. The minimum Gasteiger partial charge on any atom is -0.387 e. The molecule has 1 atom stereocenters. The van der Waals surface area contributed by atoms with Crippen molar-refractivity contribution in [2.45, 2.75) is 52.5 Å². The van der Waals surface area contributed by atoms with Gasteiger partial charge in [0.1, 0.15) is 0 Å². The number of amidine groups is 1. The molecular formula is C17H27N3. The van der Waals surface area contributed by atoms with Gasteiger partial charge in [-0.1, -0.05) is 32.0 Å². The maximum atomic E-state index is 7.64. The SMILES string of the molecule is CC1CCc2ccccc2N1CCCC(C)(C)C(=N)N. The normalized spacial score (nSPS) is 18.8. The largest absolute Gasteiger partial charge is 0.387 e. The maximum absolute atomic E-state index is 7.64. The van der Waals surface area contributed by atoms with Gasteiger partial charge in [-0.2, -0.15) is 0 Å². The smallest absolute Gasteiger partial charge is 0.0963 e. The van der Waals surface area contributed by atoms with E-state index in [2.05, 4.69) is 49.9 Å². The fourth-order valence-corrected chi connectivity index (χ4v) is 2.93. The van der Waals surface area contributed by atoms with E-state index in [4.69, 9.17) is 11.1 Å². The topological polar surface area (TPSA) is 53.1 Å². The molecule has 1 aromatic carbocycles. The molecule has 0 saturated heterocycles. The van der Waals surface area contributed by atoms with Gasteiger partial charge in [-0.05, 0) is 44.2 Å². The first-order valence-electron chi connectivity index (χ1n) is 7.61. The van der Waals surface area contributed by atoms with Crippen LogP contribution in [0.5, 0.6) is 0 Å². The number of nitrogens with one attached hydrogen (secondary N) is 1. The number of nitrogens with zero attached hydrogens (tertiary/aromatic N) is 1. The molecule has 1 aliphatic rings. The van der Waals surface area contributed by atoms with E-state index in [1.54, 1.807) is 0 Å². The second-order valence-corrected chi connectivity index (χ2v) is 6.61. The maximum Gasteiger partial charge on any atom is 0.0963 e. The average molecular weight is 273 g/mol. The Morgan fingerprint density at radius 2 is 2.10 bits per heavy atom. The van der Waals surface area contributed by atoms with Crippen LogP contribution in [0, 0.1) is 10.8 Å². The summed E-state index contributed by atoms with van der Waals surface area (Å²) in [5.41, 5.74) is 8.35. The Kier molecular flexibility index (Phi) is 4.36. The first kappa shape index (κ1) is 14.9. The Balaban J connectivity index is 2.01. The first-order valence-corrected chi connectivity index (χ1v) is 7.61. The molecule has 3 N–H and O–H groups in total. The highest BCUT2D eigenvalue weighted by Gasteiger charge is 2.25. The van der Waals surface area contributed by atoms with E-state index in [1.165, 1.54) is 24.1 Å². The van der Waals surface area contributed by atoms with Crippen LogP contribution in [0.25, 0.3) is 0 Å². The van der Waals surface area contributed by atoms with Crippen molar-refractivity contribution in [3.63, 3.8) is 0 Å². The lowest BCUT2D eigenvalue weighted by Gasteiger charge is -2.38. The quantitative estimate of drug-likeness (QED) is 0.636. The van der Waals surface area contributed by atoms with E-state index in [9.17, 15) is 0 Å². The summed E-state index contributed by atoms with van der Waals surface area (Å²) in [6.45, 7) is 7.48. The third kappa shape index (κ3) is 3.14. The van der Waals surface area contributed by atoms with Gasteiger partial charge in [0.05, 0.1) is 5.84 Å². The number of hydrogen-bond donors (Lipinski definition) is 2. The standard InChI is InChI=1S/C17H27N3/c1-13-9-10-14-7-4-5-8-15(14)20(13)12-6-11-17(2,3)16(18)19/h4-5,7-8,13H,6,9-12H2,1-3H3,(H3,18,19). The summed E-state index contributed by atoms with van der Waals surface area (Å²) in [5, 5.41) is 7.64. The highest BCUT2D eigenvalue weighted by atomic mass is 15.2. The van der Waals surface area contributed by atoms with Crippen LogP contribution in [0.1, 0.15) is 45.6 Å². The lowest BCUT2D eigenvalue weighted by Crippen LogP contribution is -2.39.